The summed E-state index contributed by atoms with van der Waals surface area (Å²) in [7, 11) is -0.460. The molecule has 0 fully saturated rings. The van der Waals surface area contributed by atoms with E-state index in [4.69, 9.17) is 13.5 Å². The third-order valence-corrected chi connectivity index (χ3v) is 3.22. The van der Waals surface area contributed by atoms with Crippen LogP contribution in [-0.2, 0) is 19.8 Å². The van der Waals surface area contributed by atoms with Crippen LogP contribution in [0.15, 0.2) is 4.42 Å². The Bertz CT molecular complexity index is 316. The van der Waals surface area contributed by atoms with Crippen LogP contribution in [0.1, 0.15) is 11.8 Å². The second-order valence-electron chi connectivity index (χ2n) is 2.35. The molecule has 0 saturated carbocycles. The van der Waals surface area contributed by atoms with Crippen LogP contribution in [0.3, 0.4) is 0 Å². The zero-order valence-electron chi connectivity index (χ0n) is 7.68. The Morgan fingerprint density at radius 3 is 2.38 bits per heavy atom. The van der Waals surface area contributed by atoms with Gasteiger partial charge in [0.2, 0.25) is 11.8 Å². The van der Waals surface area contributed by atoms with Gasteiger partial charge in [0.15, 0.2) is 0 Å². The minimum absolute atomic E-state index is 0.000833. The average molecular weight is 206 g/mol. The van der Waals surface area contributed by atoms with E-state index in [1.807, 2.05) is 0 Å². The summed E-state index contributed by atoms with van der Waals surface area (Å²) in [5.74, 6) is 0.679. The van der Waals surface area contributed by atoms with Crippen LogP contribution in [0, 0.1) is 6.92 Å². The van der Waals surface area contributed by atoms with E-state index in [0.717, 1.165) is 0 Å². The molecule has 0 N–H and O–H groups in total. The normalized spacial score (nSPS) is 11.9. The first-order valence-electron chi connectivity index (χ1n) is 3.59. The lowest BCUT2D eigenvalue weighted by molar-refractivity contribution is 0.271. The molecular formula is C6H11N2O4P. The van der Waals surface area contributed by atoms with Crippen molar-refractivity contribution in [1.29, 1.82) is 0 Å². The molecule has 0 aliphatic rings. The zero-order valence-corrected chi connectivity index (χ0v) is 8.58. The van der Waals surface area contributed by atoms with Gasteiger partial charge in [0, 0.05) is 21.1 Å². The average Bonchev–Trinajstić information content (AvgIpc) is 2.51. The molecule has 6 nitrogen and oxygen atoms in total. The minimum Gasteiger partial charge on any atom is -0.425 e. The largest absolute Gasteiger partial charge is 0.425 e. The topological polar surface area (TPSA) is 74.5 Å². The van der Waals surface area contributed by atoms with Crippen molar-refractivity contribution in [1.82, 2.24) is 10.2 Å². The van der Waals surface area contributed by atoms with Crippen molar-refractivity contribution in [2.24, 2.45) is 0 Å². The molecule has 0 aliphatic heterocycles. The fourth-order valence-corrected chi connectivity index (χ4v) is 1.64. The second-order valence-corrected chi connectivity index (χ2v) is 4.62. The van der Waals surface area contributed by atoms with Crippen molar-refractivity contribution < 1.29 is 18.0 Å². The van der Waals surface area contributed by atoms with Crippen LogP contribution in [0.25, 0.3) is 0 Å². The Hall–Kier alpha value is -0.710. The monoisotopic (exact) mass is 206 g/mol. The van der Waals surface area contributed by atoms with Crippen molar-refractivity contribution in [2.75, 3.05) is 14.2 Å². The van der Waals surface area contributed by atoms with Gasteiger partial charge in [-0.1, -0.05) is 0 Å². The first-order valence-corrected chi connectivity index (χ1v) is 5.32. The maximum Gasteiger partial charge on any atom is 0.339 e. The third kappa shape index (κ3) is 2.62. The van der Waals surface area contributed by atoms with E-state index in [-0.39, 0.29) is 12.1 Å². The Kier molecular flexibility index (Phi) is 3.19. The minimum atomic E-state index is -3.09. The van der Waals surface area contributed by atoms with Gasteiger partial charge in [-0.2, -0.15) is 0 Å². The van der Waals surface area contributed by atoms with Crippen LogP contribution in [-0.4, -0.2) is 24.4 Å². The van der Waals surface area contributed by atoms with Crippen LogP contribution in [0.4, 0.5) is 0 Å². The van der Waals surface area contributed by atoms with Gasteiger partial charge in [0.05, 0.1) is 0 Å². The summed E-state index contributed by atoms with van der Waals surface area (Å²) in [6, 6.07) is 0. The molecule has 74 valence electrons. The number of aromatic nitrogens is 2. The highest BCUT2D eigenvalue weighted by molar-refractivity contribution is 7.52. The molecule has 13 heavy (non-hydrogen) atoms. The van der Waals surface area contributed by atoms with Gasteiger partial charge >= 0.3 is 7.60 Å². The van der Waals surface area contributed by atoms with E-state index in [0.29, 0.717) is 5.89 Å². The molecule has 0 radical (unpaired) electrons. The maximum atomic E-state index is 11.6. The molecule has 1 aromatic heterocycles. The van der Waals surface area contributed by atoms with E-state index in [1.54, 1.807) is 6.92 Å². The SMILES string of the molecule is COP(=O)(Cc1nnc(C)o1)OC. The Morgan fingerprint density at radius 2 is 2.00 bits per heavy atom. The lowest BCUT2D eigenvalue weighted by atomic mass is 10.8. The maximum absolute atomic E-state index is 11.6. The summed E-state index contributed by atoms with van der Waals surface area (Å²) in [6.07, 6.45) is 0.000833. The van der Waals surface area contributed by atoms with Crippen molar-refractivity contribution >= 4 is 7.60 Å². The van der Waals surface area contributed by atoms with E-state index in [9.17, 15) is 4.57 Å². The Labute approximate surface area is 75.8 Å². The molecule has 0 unspecified atom stereocenters. The standard InChI is InChI=1S/C6H11N2O4P/c1-5-7-8-6(12-5)4-13(9,10-2)11-3/h4H2,1-3H3. The molecule has 0 bridgehead atoms. The highest BCUT2D eigenvalue weighted by Crippen LogP contribution is 2.49. The molecule has 0 saturated heterocycles. The highest BCUT2D eigenvalue weighted by Gasteiger charge is 2.24. The molecule has 0 spiro atoms. The van der Waals surface area contributed by atoms with Crippen molar-refractivity contribution in [3.8, 4) is 0 Å². The Morgan fingerprint density at radius 1 is 1.38 bits per heavy atom. The summed E-state index contributed by atoms with van der Waals surface area (Å²) in [6.45, 7) is 1.65. The number of hydrogen-bond donors (Lipinski definition) is 0. The van der Waals surface area contributed by atoms with Gasteiger partial charge in [-0.25, -0.2) is 0 Å². The quantitative estimate of drug-likeness (QED) is 0.692. The first-order chi connectivity index (χ1) is 6.09. The van der Waals surface area contributed by atoms with E-state index < -0.39 is 7.60 Å². The van der Waals surface area contributed by atoms with Crippen molar-refractivity contribution in [2.45, 2.75) is 13.1 Å². The smallest absolute Gasteiger partial charge is 0.339 e. The van der Waals surface area contributed by atoms with Gasteiger partial charge in [0.25, 0.3) is 0 Å². The van der Waals surface area contributed by atoms with E-state index >= 15 is 0 Å². The van der Waals surface area contributed by atoms with Crippen molar-refractivity contribution in [3.63, 3.8) is 0 Å². The van der Waals surface area contributed by atoms with Gasteiger partial charge in [-0.05, 0) is 0 Å². The third-order valence-electron chi connectivity index (χ3n) is 1.45. The summed E-state index contributed by atoms with van der Waals surface area (Å²) in [4.78, 5) is 0. The molecule has 0 atom stereocenters. The van der Waals surface area contributed by atoms with E-state index in [1.165, 1.54) is 14.2 Å². The van der Waals surface area contributed by atoms with Gasteiger partial charge in [0.1, 0.15) is 6.16 Å². The summed E-state index contributed by atoms with van der Waals surface area (Å²) < 4.78 is 26.0. The molecule has 1 aromatic rings. The second kappa shape index (κ2) is 4.00. The highest BCUT2D eigenvalue weighted by atomic mass is 31.2. The number of aryl methyl sites for hydroxylation is 1. The number of hydrogen-bond acceptors (Lipinski definition) is 6. The van der Waals surface area contributed by atoms with Gasteiger partial charge < -0.3 is 13.5 Å². The predicted octanol–water partition coefficient (Wildman–Crippen LogP) is 1.36. The van der Waals surface area contributed by atoms with Gasteiger partial charge in [-0.15, -0.1) is 10.2 Å². The fourth-order valence-electron chi connectivity index (χ4n) is 0.771. The summed E-state index contributed by atoms with van der Waals surface area (Å²) in [5, 5.41) is 7.27. The zero-order chi connectivity index (χ0) is 9.90. The van der Waals surface area contributed by atoms with Crippen LogP contribution >= 0.6 is 7.60 Å². The molecule has 0 aliphatic carbocycles. The lowest BCUT2D eigenvalue weighted by Crippen LogP contribution is -1.93. The lowest BCUT2D eigenvalue weighted by Gasteiger charge is -2.10. The molecule has 1 rings (SSSR count). The molecule has 0 aromatic carbocycles. The van der Waals surface area contributed by atoms with Crippen LogP contribution in [0.2, 0.25) is 0 Å². The predicted molar refractivity (Wildman–Crippen MR) is 44.4 cm³/mol. The number of nitrogens with zero attached hydrogens (tertiary/aromatic N) is 2. The molecule has 1 heterocycles. The van der Waals surface area contributed by atoms with E-state index in [2.05, 4.69) is 10.2 Å². The van der Waals surface area contributed by atoms with Crippen LogP contribution < -0.4 is 0 Å². The molecular weight excluding hydrogens is 195 g/mol. The van der Waals surface area contributed by atoms with Crippen LogP contribution in [0.5, 0.6) is 0 Å². The van der Waals surface area contributed by atoms with Gasteiger partial charge in [-0.3, -0.25) is 4.57 Å². The number of rotatable bonds is 4. The summed E-state index contributed by atoms with van der Waals surface area (Å²) >= 11 is 0. The molecule has 0 amide bonds. The van der Waals surface area contributed by atoms with Crippen molar-refractivity contribution in [3.05, 3.63) is 11.8 Å². The molecule has 7 heteroatoms. The first kappa shape index (κ1) is 10.4. The fraction of sp³-hybridized carbons (Fsp3) is 0.667. The Balaban J connectivity index is 2.73. The summed E-state index contributed by atoms with van der Waals surface area (Å²) in [5.41, 5.74) is 0.